The van der Waals surface area contributed by atoms with Gasteiger partial charge in [-0.25, -0.2) is 4.79 Å². The van der Waals surface area contributed by atoms with Crippen molar-refractivity contribution in [2.45, 2.75) is 82.4 Å². The van der Waals surface area contributed by atoms with E-state index in [1.165, 1.54) is 64.2 Å². The summed E-state index contributed by atoms with van der Waals surface area (Å²) in [7, 11) is -4.40. The fourth-order valence-corrected chi connectivity index (χ4v) is 3.68. The molecule has 2 saturated carbocycles. The second-order valence-electron chi connectivity index (χ2n) is 6.44. The van der Waals surface area contributed by atoms with E-state index in [1.54, 1.807) is 0 Å². The Kier molecular flexibility index (Phi) is 9.04. The third kappa shape index (κ3) is 9.91. The van der Waals surface area contributed by atoms with E-state index in [2.05, 4.69) is 5.32 Å². The number of nitrogens with one attached hydrogen (secondary N) is 1. The van der Waals surface area contributed by atoms with Crippen molar-refractivity contribution in [3.05, 3.63) is 0 Å². The summed E-state index contributed by atoms with van der Waals surface area (Å²) in [5.41, 5.74) is 0. The minimum atomic E-state index is -4.40. The molecule has 2 aliphatic rings. The van der Waals surface area contributed by atoms with E-state index >= 15 is 0 Å². The van der Waals surface area contributed by atoms with Crippen LogP contribution in [0, 0.1) is 0 Å². The number of carboxylic acids is 1. The molecule has 2 rings (SSSR count). The fraction of sp³-hybridized carbons (Fsp3) is 0.933. The Labute approximate surface area is 138 Å². The molecule has 0 spiro atoms. The Bertz CT molecular complexity index is 425. The smallest absolute Gasteiger partial charge is 0.333 e. The molecular formula is C15H29NO6S. The quantitative estimate of drug-likeness (QED) is 0.554. The van der Waals surface area contributed by atoms with Crippen LogP contribution in [-0.4, -0.2) is 53.1 Å². The van der Waals surface area contributed by atoms with Gasteiger partial charge in [0.15, 0.2) is 6.10 Å². The lowest BCUT2D eigenvalue weighted by Crippen LogP contribution is -2.40. The molecule has 0 aromatic rings. The highest BCUT2D eigenvalue weighted by Gasteiger charge is 2.20. The summed E-state index contributed by atoms with van der Waals surface area (Å²) in [5, 5.41) is 20.1. The van der Waals surface area contributed by atoms with Gasteiger partial charge in [0.1, 0.15) is 5.75 Å². The zero-order valence-electron chi connectivity index (χ0n) is 13.5. The molecular weight excluding hydrogens is 322 g/mol. The monoisotopic (exact) mass is 351 g/mol. The lowest BCUT2D eigenvalue weighted by Gasteiger charge is -2.30. The number of aliphatic carboxylic acids is 1. The molecule has 4 N–H and O–H groups in total. The van der Waals surface area contributed by atoms with Crippen LogP contribution in [0.25, 0.3) is 0 Å². The third-order valence-corrected chi connectivity index (χ3v) is 5.07. The van der Waals surface area contributed by atoms with Crippen molar-refractivity contribution >= 4 is 16.1 Å². The topological polar surface area (TPSA) is 124 Å². The molecule has 0 aromatic heterocycles. The van der Waals surface area contributed by atoms with Gasteiger partial charge in [0.05, 0.1) is 0 Å². The predicted molar refractivity (Wildman–Crippen MR) is 86.9 cm³/mol. The number of carboxylic acid groups (broad SMARTS) is 1. The average Bonchev–Trinajstić information content (AvgIpc) is 2.48. The molecule has 8 heteroatoms. The summed E-state index contributed by atoms with van der Waals surface area (Å²) < 4.78 is 27.7. The molecule has 0 saturated heterocycles. The van der Waals surface area contributed by atoms with Crippen LogP contribution in [0.2, 0.25) is 0 Å². The number of carbonyl (C=O) groups is 1. The summed E-state index contributed by atoms with van der Waals surface area (Å²) in [4.78, 5) is 9.75. The molecule has 1 atom stereocenters. The van der Waals surface area contributed by atoms with Crippen LogP contribution in [0.15, 0.2) is 0 Å². The van der Waals surface area contributed by atoms with Crippen LogP contribution >= 0.6 is 0 Å². The van der Waals surface area contributed by atoms with Gasteiger partial charge in [0.2, 0.25) is 0 Å². The van der Waals surface area contributed by atoms with Crippen molar-refractivity contribution < 1.29 is 28.0 Å². The molecule has 0 bridgehead atoms. The SMILES string of the molecule is C1CCC(NC2CCCCC2)CC1.O=C(O)[C@H](O)CS(=O)(=O)O. The van der Waals surface area contributed by atoms with Gasteiger partial charge in [-0.3, -0.25) is 4.55 Å². The van der Waals surface area contributed by atoms with Gasteiger partial charge >= 0.3 is 5.97 Å². The van der Waals surface area contributed by atoms with Crippen LogP contribution in [0.1, 0.15) is 64.2 Å². The standard InChI is InChI=1S/C12H23N.C3H6O6S/c1-3-7-11(8-4-1)13-12-9-5-2-6-10-12;4-2(3(5)6)1-10(7,8)9/h11-13H,1-10H2;2,4H,1H2,(H,5,6)(H,7,8,9)/t;2-/m.1/s1. The number of rotatable bonds is 5. The summed E-state index contributed by atoms with van der Waals surface area (Å²) in [6, 6.07) is 1.74. The molecule has 0 radical (unpaired) electrons. The van der Waals surface area contributed by atoms with Gasteiger partial charge in [-0.2, -0.15) is 8.42 Å². The predicted octanol–water partition coefficient (Wildman–Crippen LogP) is 1.56. The van der Waals surface area contributed by atoms with E-state index in [0.29, 0.717) is 0 Å². The average molecular weight is 351 g/mol. The van der Waals surface area contributed by atoms with Gasteiger partial charge in [-0.05, 0) is 25.7 Å². The van der Waals surface area contributed by atoms with Gasteiger partial charge in [0, 0.05) is 12.1 Å². The molecule has 2 fully saturated rings. The molecule has 0 aromatic carbocycles. The Hall–Kier alpha value is -0.700. The summed E-state index contributed by atoms with van der Waals surface area (Å²) >= 11 is 0. The number of aliphatic hydroxyl groups excluding tert-OH is 1. The van der Waals surface area contributed by atoms with Crippen LogP contribution in [0.5, 0.6) is 0 Å². The summed E-state index contributed by atoms with van der Waals surface area (Å²) in [5.74, 6) is -2.86. The zero-order chi connectivity index (χ0) is 17.3. The van der Waals surface area contributed by atoms with E-state index in [4.69, 9.17) is 14.8 Å². The number of aliphatic hydroxyl groups is 1. The molecule has 0 aliphatic heterocycles. The van der Waals surface area contributed by atoms with E-state index in [9.17, 15) is 13.2 Å². The van der Waals surface area contributed by atoms with Crippen molar-refractivity contribution in [3.8, 4) is 0 Å². The molecule has 0 heterocycles. The van der Waals surface area contributed by atoms with Gasteiger partial charge in [0.25, 0.3) is 10.1 Å². The third-order valence-electron chi connectivity index (χ3n) is 4.34. The Morgan fingerprint density at radius 3 is 1.61 bits per heavy atom. The van der Waals surface area contributed by atoms with Crippen molar-refractivity contribution in [2.75, 3.05) is 5.75 Å². The molecule has 7 nitrogen and oxygen atoms in total. The lowest BCUT2D eigenvalue weighted by molar-refractivity contribution is -0.145. The van der Waals surface area contributed by atoms with E-state index in [-0.39, 0.29) is 0 Å². The van der Waals surface area contributed by atoms with Crippen LogP contribution < -0.4 is 5.32 Å². The van der Waals surface area contributed by atoms with Crippen molar-refractivity contribution in [3.63, 3.8) is 0 Å². The van der Waals surface area contributed by atoms with Crippen molar-refractivity contribution in [1.82, 2.24) is 5.32 Å². The minimum Gasteiger partial charge on any atom is -0.479 e. The van der Waals surface area contributed by atoms with Crippen LogP contribution in [0.4, 0.5) is 0 Å². The first kappa shape index (κ1) is 20.3. The van der Waals surface area contributed by atoms with Crippen LogP contribution in [-0.2, 0) is 14.9 Å². The van der Waals surface area contributed by atoms with Crippen molar-refractivity contribution in [2.24, 2.45) is 0 Å². The van der Waals surface area contributed by atoms with E-state index in [1.807, 2.05) is 0 Å². The Morgan fingerprint density at radius 2 is 1.35 bits per heavy atom. The summed E-state index contributed by atoms with van der Waals surface area (Å²) in [6.07, 6.45) is 12.5. The van der Waals surface area contributed by atoms with E-state index in [0.717, 1.165) is 12.1 Å². The summed E-state index contributed by atoms with van der Waals surface area (Å²) in [6.45, 7) is 0. The maximum Gasteiger partial charge on any atom is 0.333 e. The second kappa shape index (κ2) is 10.2. The highest BCUT2D eigenvalue weighted by Crippen LogP contribution is 2.22. The van der Waals surface area contributed by atoms with Crippen molar-refractivity contribution in [1.29, 1.82) is 0 Å². The largest absolute Gasteiger partial charge is 0.479 e. The number of hydrogen-bond acceptors (Lipinski definition) is 5. The zero-order valence-corrected chi connectivity index (χ0v) is 14.3. The van der Waals surface area contributed by atoms with Crippen LogP contribution in [0.3, 0.4) is 0 Å². The molecule has 23 heavy (non-hydrogen) atoms. The maximum absolute atomic E-state index is 9.88. The maximum atomic E-state index is 9.88. The van der Waals surface area contributed by atoms with Gasteiger partial charge < -0.3 is 15.5 Å². The molecule has 0 unspecified atom stereocenters. The highest BCUT2D eigenvalue weighted by molar-refractivity contribution is 7.85. The number of hydrogen-bond donors (Lipinski definition) is 4. The first-order valence-electron chi connectivity index (χ1n) is 8.40. The first-order valence-corrected chi connectivity index (χ1v) is 10.0. The molecule has 0 amide bonds. The Morgan fingerprint density at radius 1 is 0.957 bits per heavy atom. The van der Waals surface area contributed by atoms with Gasteiger partial charge in [-0.15, -0.1) is 0 Å². The molecule has 136 valence electrons. The fourth-order valence-electron chi connectivity index (χ4n) is 3.14. The molecule has 2 aliphatic carbocycles. The van der Waals surface area contributed by atoms with Gasteiger partial charge in [-0.1, -0.05) is 38.5 Å². The van der Waals surface area contributed by atoms with E-state index < -0.39 is 27.9 Å². The highest BCUT2D eigenvalue weighted by atomic mass is 32.2. The minimum absolute atomic E-state index is 0.872. The Balaban J connectivity index is 0.000000241. The first-order chi connectivity index (χ1) is 10.8. The lowest BCUT2D eigenvalue weighted by atomic mass is 9.91. The normalized spacial score (nSPS) is 22.0. The second-order valence-corrected chi connectivity index (χ2v) is 7.94.